The lowest BCUT2D eigenvalue weighted by Gasteiger charge is -2.23. The molecule has 1 rings (SSSR count). The zero-order valence-electron chi connectivity index (χ0n) is 8.76. The monoisotopic (exact) mass is 262 g/mol. The molecule has 1 saturated heterocycles. The normalized spacial score (nSPS) is 19.6. The van der Waals surface area contributed by atoms with Crippen LogP contribution in [0.3, 0.4) is 0 Å². The van der Waals surface area contributed by atoms with Crippen LogP contribution >= 0.6 is 15.9 Å². The number of nitrogens with one attached hydrogen (secondary N) is 1. The topological polar surface area (TPSA) is 32.3 Å². The third kappa shape index (κ3) is 3.96. The summed E-state index contributed by atoms with van der Waals surface area (Å²) in [6, 6.07) is 0.483. The fourth-order valence-corrected chi connectivity index (χ4v) is 2.11. The van der Waals surface area contributed by atoms with E-state index in [2.05, 4.69) is 33.1 Å². The van der Waals surface area contributed by atoms with Crippen molar-refractivity contribution in [2.45, 2.75) is 32.2 Å². The molecule has 1 atom stereocenters. The van der Waals surface area contributed by atoms with Crippen LogP contribution < -0.4 is 5.32 Å². The van der Waals surface area contributed by atoms with E-state index in [4.69, 9.17) is 0 Å². The molecule has 1 unspecified atom stereocenters. The van der Waals surface area contributed by atoms with Gasteiger partial charge in [-0.25, -0.2) is 0 Å². The van der Waals surface area contributed by atoms with E-state index in [0.29, 0.717) is 12.5 Å². The number of amides is 1. The van der Waals surface area contributed by atoms with E-state index >= 15 is 0 Å². The Morgan fingerprint density at radius 1 is 1.50 bits per heavy atom. The van der Waals surface area contributed by atoms with E-state index in [1.54, 1.807) is 0 Å². The maximum Gasteiger partial charge on any atom is 0.220 e. The van der Waals surface area contributed by atoms with Gasteiger partial charge in [0.05, 0.1) is 0 Å². The van der Waals surface area contributed by atoms with Crippen molar-refractivity contribution in [2.24, 2.45) is 0 Å². The third-order valence-electron chi connectivity index (χ3n) is 2.68. The highest BCUT2D eigenvalue weighted by molar-refractivity contribution is 9.09. The second-order valence-electron chi connectivity index (χ2n) is 3.84. The molecule has 14 heavy (non-hydrogen) atoms. The minimum atomic E-state index is 0.146. The van der Waals surface area contributed by atoms with E-state index in [9.17, 15) is 4.79 Å². The first-order valence-electron chi connectivity index (χ1n) is 5.30. The maximum absolute atomic E-state index is 11.2. The average Bonchev–Trinajstić information content (AvgIpc) is 2.67. The van der Waals surface area contributed by atoms with Gasteiger partial charge >= 0.3 is 0 Å². The lowest BCUT2D eigenvalue weighted by Crippen LogP contribution is -2.40. The van der Waals surface area contributed by atoms with Crippen LogP contribution in [0.2, 0.25) is 0 Å². The molecule has 1 fully saturated rings. The molecule has 0 aliphatic carbocycles. The molecule has 82 valence electrons. The number of carbonyl (C=O) groups excluding carboxylic acids is 1. The van der Waals surface area contributed by atoms with Gasteiger partial charge in [0, 0.05) is 24.3 Å². The van der Waals surface area contributed by atoms with E-state index in [-0.39, 0.29) is 5.91 Å². The van der Waals surface area contributed by atoms with E-state index in [1.165, 1.54) is 25.9 Å². The molecular formula is C10H19BrN2O. The maximum atomic E-state index is 11.2. The molecule has 1 N–H and O–H groups in total. The largest absolute Gasteiger partial charge is 0.355 e. The lowest BCUT2D eigenvalue weighted by molar-refractivity contribution is -0.120. The Labute approximate surface area is 94.4 Å². The van der Waals surface area contributed by atoms with Crippen LogP contribution in [0.5, 0.6) is 0 Å². The van der Waals surface area contributed by atoms with Crippen molar-refractivity contribution in [1.82, 2.24) is 10.2 Å². The number of likely N-dealkylation sites (tertiary alicyclic amines) is 1. The van der Waals surface area contributed by atoms with Crippen molar-refractivity contribution in [3.8, 4) is 0 Å². The summed E-state index contributed by atoms with van der Waals surface area (Å²) in [4.78, 5) is 13.6. The SMILES string of the molecule is CC(CNC(=O)CCBr)N1CCCC1. The van der Waals surface area contributed by atoms with Gasteiger partial charge in [-0.05, 0) is 32.9 Å². The number of carbonyl (C=O) groups is 1. The molecule has 0 aromatic heterocycles. The summed E-state index contributed by atoms with van der Waals surface area (Å²) in [6.07, 6.45) is 3.19. The summed E-state index contributed by atoms with van der Waals surface area (Å²) in [7, 11) is 0. The molecule has 0 aromatic carbocycles. The van der Waals surface area contributed by atoms with Crippen LogP contribution in [0, 0.1) is 0 Å². The Hall–Kier alpha value is -0.0900. The van der Waals surface area contributed by atoms with Crippen molar-refractivity contribution >= 4 is 21.8 Å². The van der Waals surface area contributed by atoms with Crippen LogP contribution in [0.1, 0.15) is 26.2 Å². The first-order chi connectivity index (χ1) is 6.74. The van der Waals surface area contributed by atoms with Crippen molar-refractivity contribution in [3.63, 3.8) is 0 Å². The molecule has 0 aromatic rings. The standard InChI is InChI=1S/C10H19BrN2O/c1-9(13-6-2-3-7-13)8-12-10(14)4-5-11/h9H,2-8H2,1H3,(H,12,14). The molecule has 0 radical (unpaired) electrons. The fraction of sp³-hybridized carbons (Fsp3) is 0.900. The van der Waals surface area contributed by atoms with Gasteiger partial charge in [-0.15, -0.1) is 0 Å². The first kappa shape index (κ1) is 12.0. The van der Waals surface area contributed by atoms with E-state index in [0.717, 1.165) is 11.9 Å². The summed E-state index contributed by atoms with van der Waals surface area (Å²) >= 11 is 3.25. The Morgan fingerprint density at radius 2 is 2.14 bits per heavy atom. The van der Waals surface area contributed by atoms with Crippen LogP contribution in [0.25, 0.3) is 0 Å². The van der Waals surface area contributed by atoms with Crippen molar-refractivity contribution in [2.75, 3.05) is 25.0 Å². The van der Waals surface area contributed by atoms with E-state index in [1.807, 2.05) is 0 Å². The third-order valence-corrected chi connectivity index (χ3v) is 3.08. The second-order valence-corrected chi connectivity index (χ2v) is 4.63. The predicted octanol–water partition coefficient (Wildman–Crippen LogP) is 1.37. The molecule has 0 saturated carbocycles. The van der Waals surface area contributed by atoms with Crippen LogP contribution in [-0.4, -0.2) is 41.8 Å². The molecule has 4 heteroatoms. The number of nitrogens with zero attached hydrogens (tertiary/aromatic N) is 1. The average molecular weight is 263 g/mol. The summed E-state index contributed by atoms with van der Waals surface area (Å²) in [5.41, 5.74) is 0. The molecule has 1 amide bonds. The highest BCUT2D eigenvalue weighted by atomic mass is 79.9. The lowest BCUT2D eigenvalue weighted by atomic mass is 10.3. The molecule has 1 aliphatic heterocycles. The molecule has 1 heterocycles. The van der Waals surface area contributed by atoms with Crippen molar-refractivity contribution in [1.29, 1.82) is 0 Å². The van der Waals surface area contributed by atoms with Crippen molar-refractivity contribution < 1.29 is 4.79 Å². The molecule has 1 aliphatic rings. The van der Waals surface area contributed by atoms with E-state index < -0.39 is 0 Å². The highest BCUT2D eigenvalue weighted by Gasteiger charge is 2.17. The Morgan fingerprint density at radius 3 is 2.71 bits per heavy atom. The van der Waals surface area contributed by atoms with Gasteiger partial charge in [-0.3, -0.25) is 9.69 Å². The summed E-state index contributed by atoms with van der Waals surface area (Å²) < 4.78 is 0. The van der Waals surface area contributed by atoms with Crippen LogP contribution in [-0.2, 0) is 4.79 Å². The highest BCUT2D eigenvalue weighted by Crippen LogP contribution is 2.10. The number of rotatable bonds is 5. The fourth-order valence-electron chi connectivity index (χ4n) is 1.75. The summed E-state index contributed by atoms with van der Waals surface area (Å²) in [5, 5.41) is 3.70. The van der Waals surface area contributed by atoms with Crippen molar-refractivity contribution in [3.05, 3.63) is 0 Å². The number of hydrogen-bond donors (Lipinski definition) is 1. The van der Waals surface area contributed by atoms with Gasteiger partial charge in [0.1, 0.15) is 0 Å². The Balaban J connectivity index is 2.13. The Bertz CT molecular complexity index is 181. The minimum absolute atomic E-state index is 0.146. The molecule has 3 nitrogen and oxygen atoms in total. The van der Waals surface area contributed by atoms with Gasteiger partial charge in [0.2, 0.25) is 5.91 Å². The van der Waals surface area contributed by atoms with Crippen LogP contribution in [0.15, 0.2) is 0 Å². The summed E-state index contributed by atoms with van der Waals surface area (Å²) in [5.74, 6) is 0.146. The molecule has 0 bridgehead atoms. The molecular weight excluding hydrogens is 244 g/mol. The quantitative estimate of drug-likeness (QED) is 0.760. The smallest absolute Gasteiger partial charge is 0.220 e. The zero-order chi connectivity index (χ0) is 10.4. The minimum Gasteiger partial charge on any atom is -0.355 e. The van der Waals surface area contributed by atoms with Gasteiger partial charge in [-0.1, -0.05) is 15.9 Å². The zero-order valence-corrected chi connectivity index (χ0v) is 10.3. The van der Waals surface area contributed by atoms with Gasteiger partial charge in [0.15, 0.2) is 0 Å². The molecule has 0 spiro atoms. The first-order valence-corrected chi connectivity index (χ1v) is 6.43. The van der Waals surface area contributed by atoms with Gasteiger partial charge in [-0.2, -0.15) is 0 Å². The number of alkyl halides is 1. The summed E-state index contributed by atoms with van der Waals surface area (Å²) in [6.45, 7) is 5.34. The number of hydrogen-bond acceptors (Lipinski definition) is 2. The predicted molar refractivity (Wildman–Crippen MR) is 61.7 cm³/mol. The Kier molecular flexibility index (Phi) is 5.48. The second kappa shape index (κ2) is 6.40. The van der Waals surface area contributed by atoms with Gasteiger partial charge in [0.25, 0.3) is 0 Å². The van der Waals surface area contributed by atoms with Gasteiger partial charge < -0.3 is 5.32 Å². The van der Waals surface area contributed by atoms with Crippen LogP contribution in [0.4, 0.5) is 0 Å². The number of halogens is 1.